The van der Waals surface area contributed by atoms with E-state index in [1.54, 1.807) is 20.3 Å². The van der Waals surface area contributed by atoms with Crippen LogP contribution in [0.15, 0.2) is 30.3 Å². The van der Waals surface area contributed by atoms with Crippen molar-refractivity contribution >= 4 is 5.91 Å². The molecule has 6 nitrogen and oxygen atoms in total. The van der Waals surface area contributed by atoms with Gasteiger partial charge in [-0.25, -0.2) is 0 Å². The molecule has 0 bridgehead atoms. The van der Waals surface area contributed by atoms with Gasteiger partial charge >= 0.3 is 0 Å². The average Bonchev–Trinajstić information content (AvgIpc) is 2.97. The molecule has 2 aromatic carbocycles. The topological polar surface area (TPSA) is 66.0 Å². The molecule has 0 fully saturated rings. The highest BCUT2D eigenvalue weighted by Crippen LogP contribution is 2.33. The van der Waals surface area contributed by atoms with E-state index in [-0.39, 0.29) is 11.9 Å². The van der Waals surface area contributed by atoms with Gasteiger partial charge in [0.05, 0.1) is 33.5 Å². The van der Waals surface area contributed by atoms with Gasteiger partial charge in [0.2, 0.25) is 0 Å². The van der Waals surface area contributed by atoms with Crippen LogP contribution < -0.4 is 24.3 Å². The number of carbonyl (C=O) groups excluding carboxylic acids is 1. The van der Waals surface area contributed by atoms with Gasteiger partial charge < -0.3 is 24.3 Å². The van der Waals surface area contributed by atoms with Crippen molar-refractivity contribution in [3.05, 3.63) is 47.0 Å². The summed E-state index contributed by atoms with van der Waals surface area (Å²) in [5.74, 6) is 2.46. The van der Waals surface area contributed by atoms with Crippen LogP contribution in [-0.4, -0.2) is 33.3 Å². The Labute approximate surface area is 165 Å². The third kappa shape index (κ3) is 4.16. The minimum Gasteiger partial charge on any atom is -0.493 e. The third-order valence-corrected chi connectivity index (χ3v) is 4.85. The third-order valence-electron chi connectivity index (χ3n) is 4.85. The van der Waals surface area contributed by atoms with Crippen LogP contribution >= 0.6 is 0 Å². The van der Waals surface area contributed by atoms with E-state index in [4.69, 9.17) is 18.9 Å². The van der Waals surface area contributed by atoms with Gasteiger partial charge in [-0.1, -0.05) is 13.0 Å². The molecule has 0 spiro atoms. The Bertz CT molecular complexity index is 849. The number of nitrogens with one attached hydrogen (secondary N) is 1. The smallest absolute Gasteiger partial charge is 0.252 e. The molecule has 0 saturated carbocycles. The summed E-state index contributed by atoms with van der Waals surface area (Å²) in [6.45, 7) is 5.23. The maximum atomic E-state index is 13.0. The van der Waals surface area contributed by atoms with Crippen molar-refractivity contribution in [2.24, 2.45) is 0 Å². The summed E-state index contributed by atoms with van der Waals surface area (Å²) in [7, 11) is 3.15. The average molecular weight is 385 g/mol. The zero-order valence-electron chi connectivity index (χ0n) is 16.8. The van der Waals surface area contributed by atoms with Gasteiger partial charge in [-0.2, -0.15) is 0 Å². The van der Waals surface area contributed by atoms with Gasteiger partial charge in [-0.15, -0.1) is 0 Å². The number of fused-ring (bicyclic) bond motifs is 1. The van der Waals surface area contributed by atoms with Gasteiger partial charge in [0, 0.05) is 12.0 Å². The van der Waals surface area contributed by atoms with Crippen molar-refractivity contribution in [1.29, 1.82) is 0 Å². The molecule has 2 aromatic rings. The van der Waals surface area contributed by atoms with E-state index in [1.165, 1.54) is 0 Å². The summed E-state index contributed by atoms with van der Waals surface area (Å²) >= 11 is 0. The molecule has 28 heavy (non-hydrogen) atoms. The largest absolute Gasteiger partial charge is 0.493 e. The number of rotatable bonds is 6. The van der Waals surface area contributed by atoms with Crippen LogP contribution in [0.5, 0.6) is 23.0 Å². The van der Waals surface area contributed by atoms with E-state index >= 15 is 0 Å². The monoisotopic (exact) mass is 385 g/mol. The molecule has 6 heteroatoms. The van der Waals surface area contributed by atoms with Gasteiger partial charge in [0.15, 0.2) is 23.0 Å². The standard InChI is InChI=1S/C22H27NO5/c1-5-15-11-19(25-3)20(26-4)13-17(15)22(24)23-14(2)16-7-8-18-21(12-16)28-10-6-9-27-18/h7-8,11-14H,5-6,9-10H2,1-4H3,(H,23,24). The number of benzene rings is 2. The molecule has 150 valence electrons. The second-order valence-corrected chi connectivity index (χ2v) is 6.67. The lowest BCUT2D eigenvalue weighted by atomic mass is 10.0. The Morgan fingerprint density at radius 2 is 1.75 bits per heavy atom. The fourth-order valence-electron chi connectivity index (χ4n) is 3.23. The van der Waals surface area contributed by atoms with Crippen molar-refractivity contribution in [2.45, 2.75) is 32.7 Å². The first-order chi connectivity index (χ1) is 13.6. The highest BCUT2D eigenvalue weighted by atomic mass is 16.5. The molecule has 1 heterocycles. The first-order valence-electron chi connectivity index (χ1n) is 9.52. The lowest BCUT2D eigenvalue weighted by molar-refractivity contribution is 0.0938. The Hall–Kier alpha value is -2.89. The van der Waals surface area contributed by atoms with Crippen LogP contribution in [0, 0.1) is 0 Å². The number of ether oxygens (including phenoxy) is 4. The van der Waals surface area contributed by atoms with Gasteiger partial charge in [-0.05, 0) is 48.7 Å². The predicted molar refractivity (Wildman–Crippen MR) is 107 cm³/mol. The van der Waals surface area contributed by atoms with E-state index in [2.05, 4.69) is 5.32 Å². The van der Waals surface area contributed by atoms with E-state index < -0.39 is 0 Å². The second kappa shape index (κ2) is 8.87. The van der Waals surface area contributed by atoms with Crippen molar-refractivity contribution in [3.8, 4) is 23.0 Å². The van der Waals surface area contributed by atoms with Crippen LogP contribution in [0.2, 0.25) is 0 Å². The fourth-order valence-corrected chi connectivity index (χ4v) is 3.23. The number of hydrogen-bond acceptors (Lipinski definition) is 5. The molecule has 1 aliphatic heterocycles. The van der Waals surface area contributed by atoms with Crippen molar-refractivity contribution in [3.63, 3.8) is 0 Å². The molecule has 1 unspecified atom stereocenters. The molecule has 1 aliphatic rings. The molecule has 0 aliphatic carbocycles. The zero-order valence-corrected chi connectivity index (χ0v) is 16.8. The van der Waals surface area contributed by atoms with Crippen LogP contribution in [0.25, 0.3) is 0 Å². The minimum atomic E-state index is -0.192. The number of carbonyl (C=O) groups is 1. The summed E-state index contributed by atoms with van der Waals surface area (Å²) in [6, 6.07) is 9.17. The Balaban J connectivity index is 1.82. The highest BCUT2D eigenvalue weighted by molar-refractivity contribution is 5.96. The van der Waals surface area contributed by atoms with Gasteiger partial charge in [0.1, 0.15) is 0 Å². The molecule has 0 aromatic heterocycles. The minimum absolute atomic E-state index is 0.155. The van der Waals surface area contributed by atoms with E-state index in [0.29, 0.717) is 36.7 Å². The van der Waals surface area contributed by atoms with Gasteiger partial charge in [0.25, 0.3) is 5.91 Å². The maximum Gasteiger partial charge on any atom is 0.252 e. The van der Waals surface area contributed by atoms with Crippen LogP contribution in [-0.2, 0) is 6.42 Å². The van der Waals surface area contributed by atoms with Crippen LogP contribution in [0.4, 0.5) is 0 Å². The molecule has 1 amide bonds. The van der Waals surface area contributed by atoms with Crippen molar-refractivity contribution in [2.75, 3.05) is 27.4 Å². The summed E-state index contributed by atoms with van der Waals surface area (Å²) in [4.78, 5) is 13.0. The Morgan fingerprint density at radius 1 is 1.07 bits per heavy atom. The summed E-state index contributed by atoms with van der Waals surface area (Å²) in [6.07, 6.45) is 1.57. The SMILES string of the molecule is CCc1cc(OC)c(OC)cc1C(=O)NC(C)c1ccc2c(c1)OCCCO2. The van der Waals surface area contributed by atoms with E-state index in [1.807, 2.05) is 38.1 Å². The van der Waals surface area contributed by atoms with Crippen LogP contribution in [0.1, 0.15) is 47.8 Å². The second-order valence-electron chi connectivity index (χ2n) is 6.67. The molecule has 0 saturated heterocycles. The lowest BCUT2D eigenvalue weighted by Gasteiger charge is -2.18. The number of amides is 1. The summed E-state index contributed by atoms with van der Waals surface area (Å²) < 4.78 is 22.1. The normalized spacial score (nSPS) is 14.0. The fraction of sp³-hybridized carbons (Fsp3) is 0.409. The van der Waals surface area contributed by atoms with Crippen molar-refractivity contribution in [1.82, 2.24) is 5.32 Å². The van der Waals surface area contributed by atoms with Gasteiger partial charge in [-0.3, -0.25) is 4.79 Å². The first-order valence-corrected chi connectivity index (χ1v) is 9.52. The zero-order chi connectivity index (χ0) is 20.1. The summed E-state index contributed by atoms with van der Waals surface area (Å²) in [5.41, 5.74) is 2.44. The molecule has 0 radical (unpaired) electrons. The Morgan fingerprint density at radius 3 is 2.43 bits per heavy atom. The summed E-state index contributed by atoms with van der Waals surface area (Å²) in [5, 5.41) is 3.07. The molecule has 3 rings (SSSR count). The quantitative estimate of drug-likeness (QED) is 0.816. The first kappa shape index (κ1) is 19.9. The van der Waals surface area contributed by atoms with Crippen molar-refractivity contribution < 1.29 is 23.7 Å². The lowest BCUT2D eigenvalue weighted by Crippen LogP contribution is -2.27. The molecular formula is C22H27NO5. The maximum absolute atomic E-state index is 13.0. The van der Waals surface area contributed by atoms with E-state index in [0.717, 1.165) is 29.0 Å². The molecular weight excluding hydrogens is 358 g/mol. The number of methoxy groups -OCH3 is 2. The number of aryl methyl sites for hydroxylation is 1. The van der Waals surface area contributed by atoms with E-state index in [9.17, 15) is 4.79 Å². The predicted octanol–water partition coefficient (Wildman–Crippen LogP) is 3.92. The number of hydrogen-bond donors (Lipinski definition) is 1. The molecule has 1 atom stereocenters. The molecule has 1 N–H and O–H groups in total. The Kier molecular flexibility index (Phi) is 6.29. The highest BCUT2D eigenvalue weighted by Gasteiger charge is 2.19. The van der Waals surface area contributed by atoms with Crippen LogP contribution in [0.3, 0.4) is 0 Å².